The molecule has 1 nitrogen and oxygen atoms in total. The molecule has 0 N–H and O–H groups in total. The van der Waals surface area contributed by atoms with Crippen molar-refractivity contribution in [2.75, 3.05) is 6.61 Å². The van der Waals surface area contributed by atoms with E-state index in [0.717, 1.165) is 37.9 Å². The molecule has 0 spiro atoms. The van der Waals surface area contributed by atoms with Gasteiger partial charge in [-0.3, -0.25) is 0 Å². The summed E-state index contributed by atoms with van der Waals surface area (Å²) in [5.41, 5.74) is 2.79. The summed E-state index contributed by atoms with van der Waals surface area (Å²) in [6.07, 6.45) is 14.0. The van der Waals surface area contributed by atoms with Crippen LogP contribution in [0, 0.1) is 5.92 Å². The average molecular weight is 298 g/mol. The zero-order chi connectivity index (χ0) is 15.6. The van der Waals surface area contributed by atoms with Crippen molar-refractivity contribution in [2.24, 2.45) is 5.92 Å². The lowest BCUT2D eigenvalue weighted by Gasteiger charge is -2.27. The first kappa shape index (κ1) is 17.0. The molecule has 1 heteroatoms. The topological polar surface area (TPSA) is 9.23 Å². The molecular formula is C21H30O. The summed E-state index contributed by atoms with van der Waals surface area (Å²) < 4.78 is 5.69. The molecule has 1 aliphatic carbocycles. The molecule has 120 valence electrons. The van der Waals surface area contributed by atoms with E-state index in [1.807, 2.05) is 6.08 Å². The van der Waals surface area contributed by atoms with Crippen LogP contribution < -0.4 is 0 Å². The van der Waals surface area contributed by atoms with Crippen LogP contribution in [0.25, 0.3) is 0 Å². The Morgan fingerprint density at radius 2 is 1.86 bits per heavy atom. The molecule has 0 aliphatic heterocycles. The highest BCUT2D eigenvalue weighted by atomic mass is 16.5. The van der Waals surface area contributed by atoms with Gasteiger partial charge in [0.2, 0.25) is 0 Å². The lowest BCUT2D eigenvalue weighted by Crippen LogP contribution is -2.11. The second-order valence-electron chi connectivity index (χ2n) is 6.36. The standard InChI is InChI=1S/C21H30O/c1-3-5-6-16-22-17-19-10-14-21(15-11-19)20-12-8-18(7-4-2)9-13-20/h3-4,7,10-11,14-15,18,20H,1,5-6,8-9,12-13,16-17H2,2H3/t18-,20-. The Morgan fingerprint density at radius 1 is 1.14 bits per heavy atom. The summed E-state index contributed by atoms with van der Waals surface area (Å²) in [6, 6.07) is 9.09. The van der Waals surface area contributed by atoms with Crippen molar-refractivity contribution in [1.82, 2.24) is 0 Å². The molecule has 0 heterocycles. The highest BCUT2D eigenvalue weighted by Gasteiger charge is 2.20. The molecule has 0 saturated heterocycles. The predicted molar refractivity (Wildman–Crippen MR) is 95.0 cm³/mol. The van der Waals surface area contributed by atoms with Crippen molar-refractivity contribution in [3.63, 3.8) is 0 Å². The first-order valence-corrected chi connectivity index (χ1v) is 8.73. The lowest BCUT2D eigenvalue weighted by molar-refractivity contribution is 0.119. The van der Waals surface area contributed by atoms with Gasteiger partial charge in [-0.05, 0) is 68.4 Å². The fourth-order valence-corrected chi connectivity index (χ4v) is 3.32. The summed E-state index contributed by atoms with van der Waals surface area (Å²) in [4.78, 5) is 0. The zero-order valence-electron chi connectivity index (χ0n) is 14.0. The summed E-state index contributed by atoms with van der Waals surface area (Å²) in [7, 11) is 0. The van der Waals surface area contributed by atoms with Crippen molar-refractivity contribution in [3.8, 4) is 0 Å². The fraction of sp³-hybridized carbons (Fsp3) is 0.524. The second kappa shape index (κ2) is 9.63. The van der Waals surface area contributed by atoms with Gasteiger partial charge in [0.15, 0.2) is 0 Å². The van der Waals surface area contributed by atoms with Crippen molar-refractivity contribution in [3.05, 3.63) is 60.2 Å². The largest absolute Gasteiger partial charge is 0.377 e. The number of benzene rings is 1. The van der Waals surface area contributed by atoms with E-state index in [1.165, 1.54) is 36.8 Å². The van der Waals surface area contributed by atoms with E-state index in [9.17, 15) is 0 Å². The van der Waals surface area contributed by atoms with E-state index < -0.39 is 0 Å². The quantitative estimate of drug-likeness (QED) is 0.421. The SMILES string of the molecule is C=CCCCOCc1ccc([C@H]2CC[C@H](C=CC)CC2)cc1. The van der Waals surface area contributed by atoms with E-state index in [-0.39, 0.29) is 0 Å². The maximum atomic E-state index is 5.69. The van der Waals surface area contributed by atoms with E-state index in [2.05, 4.69) is 49.9 Å². The summed E-state index contributed by atoms with van der Waals surface area (Å²) in [5.74, 6) is 1.56. The normalized spacial score (nSPS) is 22.0. The third-order valence-corrected chi connectivity index (χ3v) is 4.65. The predicted octanol–water partition coefficient (Wildman–Crippen LogP) is 6.02. The molecule has 1 aromatic carbocycles. The molecule has 0 amide bonds. The van der Waals surface area contributed by atoms with Crippen LogP contribution in [0.4, 0.5) is 0 Å². The molecular weight excluding hydrogens is 268 g/mol. The van der Waals surface area contributed by atoms with Gasteiger partial charge in [-0.25, -0.2) is 0 Å². The molecule has 22 heavy (non-hydrogen) atoms. The maximum Gasteiger partial charge on any atom is 0.0716 e. The molecule has 0 bridgehead atoms. The second-order valence-corrected chi connectivity index (χ2v) is 6.36. The third kappa shape index (κ3) is 5.46. The van der Waals surface area contributed by atoms with Gasteiger partial charge < -0.3 is 4.74 Å². The number of rotatable bonds is 8. The molecule has 1 fully saturated rings. The Labute approximate surface area is 136 Å². The van der Waals surface area contributed by atoms with Crippen LogP contribution in [0.1, 0.15) is 62.5 Å². The fourth-order valence-electron chi connectivity index (χ4n) is 3.32. The average Bonchev–Trinajstić information content (AvgIpc) is 2.56. The van der Waals surface area contributed by atoms with Gasteiger partial charge in [0, 0.05) is 6.61 Å². The third-order valence-electron chi connectivity index (χ3n) is 4.65. The van der Waals surface area contributed by atoms with Crippen LogP contribution in [0.5, 0.6) is 0 Å². The minimum Gasteiger partial charge on any atom is -0.377 e. The van der Waals surface area contributed by atoms with Crippen molar-refractivity contribution in [2.45, 2.75) is 58.0 Å². The van der Waals surface area contributed by atoms with Crippen molar-refractivity contribution >= 4 is 0 Å². The van der Waals surface area contributed by atoms with E-state index in [1.54, 1.807) is 0 Å². The summed E-state index contributed by atoms with van der Waals surface area (Å²) >= 11 is 0. The molecule has 0 atom stereocenters. The van der Waals surface area contributed by atoms with Crippen LogP contribution in [0.15, 0.2) is 49.1 Å². The van der Waals surface area contributed by atoms with Gasteiger partial charge in [0.1, 0.15) is 0 Å². The van der Waals surface area contributed by atoms with Crippen LogP contribution in [-0.4, -0.2) is 6.61 Å². The molecule has 1 aromatic rings. The van der Waals surface area contributed by atoms with Gasteiger partial charge in [0.05, 0.1) is 6.61 Å². The lowest BCUT2D eigenvalue weighted by atomic mass is 9.78. The Balaban J connectivity index is 1.76. The highest BCUT2D eigenvalue weighted by Crippen LogP contribution is 2.36. The smallest absolute Gasteiger partial charge is 0.0716 e. The molecule has 1 aliphatic rings. The molecule has 1 saturated carbocycles. The Hall–Kier alpha value is -1.34. The molecule has 0 unspecified atom stereocenters. The molecule has 2 rings (SSSR count). The zero-order valence-corrected chi connectivity index (χ0v) is 14.0. The van der Waals surface area contributed by atoms with Gasteiger partial charge in [-0.2, -0.15) is 0 Å². The van der Waals surface area contributed by atoms with Crippen LogP contribution in [0.2, 0.25) is 0 Å². The first-order chi connectivity index (χ1) is 10.8. The van der Waals surface area contributed by atoms with Crippen LogP contribution in [-0.2, 0) is 11.3 Å². The van der Waals surface area contributed by atoms with Crippen LogP contribution in [0.3, 0.4) is 0 Å². The molecule has 0 aromatic heterocycles. The number of unbranched alkanes of at least 4 members (excludes halogenated alkanes) is 1. The summed E-state index contributed by atoms with van der Waals surface area (Å²) in [5, 5.41) is 0. The Morgan fingerprint density at radius 3 is 2.50 bits per heavy atom. The van der Waals surface area contributed by atoms with E-state index in [0.29, 0.717) is 0 Å². The van der Waals surface area contributed by atoms with Gasteiger partial charge in [0.25, 0.3) is 0 Å². The van der Waals surface area contributed by atoms with Crippen LogP contribution >= 0.6 is 0 Å². The minimum absolute atomic E-state index is 0.728. The number of ether oxygens (including phenoxy) is 1. The minimum atomic E-state index is 0.728. The van der Waals surface area contributed by atoms with Gasteiger partial charge in [-0.15, -0.1) is 6.58 Å². The van der Waals surface area contributed by atoms with Gasteiger partial charge in [-0.1, -0.05) is 42.5 Å². The molecule has 0 radical (unpaired) electrons. The van der Waals surface area contributed by atoms with Crippen molar-refractivity contribution < 1.29 is 4.74 Å². The Bertz CT molecular complexity index is 449. The number of allylic oxidation sites excluding steroid dienone is 3. The maximum absolute atomic E-state index is 5.69. The summed E-state index contributed by atoms with van der Waals surface area (Å²) in [6.45, 7) is 7.41. The highest BCUT2D eigenvalue weighted by molar-refractivity contribution is 5.25. The van der Waals surface area contributed by atoms with Gasteiger partial charge >= 0.3 is 0 Å². The number of hydrogen-bond donors (Lipinski definition) is 0. The monoisotopic (exact) mass is 298 g/mol. The van der Waals surface area contributed by atoms with Crippen molar-refractivity contribution in [1.29, 1.82) is 0 Å². The Kier molecular flexibility index (Phi) is 7.45. The first-order valence-electron chi connectivity index (χ1n) is 8.73. The number of hydrogen-bond acceptors (Lipinski definition) is 1. The van der Waals surface area contributed by atoms with E-state index in [4.69, 9.17) is 4.74 Å². The van der Waals surface area contributed by atoms with E-state index >= 15 is 0 Å².